The van der Waals surface area contributed by atoms with Crippen LogP contribution in [-0.4, -0.2) is 55.2 Å². The maximum absolute atomic E-state index is 12.4. The van der Waals surface area contributed by atoms with Gasteiger partial charge in [-0.15, -0.1) is 11.8 Å². The lowest BCUT2D eigenvalue weighted by molar-refractivity contribution is -0.123. The van der Waals surface area contributed by atoms with Gasteiger partial charge < -0.3 is 15.1 Å². The molecule has 1 saturated carbocycles. The van der Waals surface area contributed by atoms with Gasteiger partial charge in [0.2, 0.25) is 11.8 Å². The number of carbonyl (C=O) groups excluding carboxylic acids is 2. The molecule has 0 saturated heterocycles. The van der Waals surface area contributed by atoms with E-state index in [9.17, 15) is 9.59 Å². The highest BCUT2D eigenvalue weighted by Gasteiger charge is 2.24. The summed E-state index contributed by atoms with van der Waals surface area (Å²) in [5.41, 5.74) is 0.856. The molecule has 6 heteroatoms. The summed E-state index contributed by atoms with van der Waals surface area (Å²) >= 11 is 1.68. The number of amides is 2. The van der Waals surface area contributed by atoms with Gasteiger partial charge in [-0.3, -0.25) is 9.59 Å². The van der Waals surface area contributed by atoms with Gasteiger partial charge in [-0.05, 0) is 32.0 Å². The van der Waals surface area contributed by atoms with E-state index in [1.165, 1.54) is 32.1 Å². The quantitative estimate of drug-likeness (QED) is 0.831. The first kappa shape index (κ1) is 19.2. The van der Waals surface area contributed by atoms with Crippen molar-refractivity contribution < 1.29 is 9.59 Å². The maximum Gasteiger partial charge on any atom is 0.240 e. The van der Waals surface area contributed by atoms with Crippen LogP contribution in [0.15, 0.2) is 29.2 Å². The molecular formula is C20H29N3O2S. The summed E-state index contributed by atoms with van der Waals surface area (Å²) in [5.74, 6) is 0.703. The van der Waals surface area contributed by atoms with Crippen LogP contribution in [0.25, 0.3) is 0 Å². The number of fused-ring (bicyclic) bond motifs is 1. The number of para-hydroxylation sites is 1. The molecule has 1 aliphatic carbocycles. The number of nitrogens with one attached hydrogen (secondary N) is 1. The van der Waals surface area contributed by atoms with Crippen molar-refractivity contribution >= 4 is 29.3 Å². The van der Waals surface area contributed by atoms with Crippen LogP contribution in [0.4, 0.5) is 5.69 Å². The summed E-state index contributed by atoms with van der Waals surface area (Å²) in [7, 11) is 2.15. The highest BCUT2D eigenvalue weighted by molar-refractivity contribution is 7.99. The molecule has 0 spiro atoms. The first-order valence-corrected chi connectivity index (χ1v) is 10.6. The molecular weight excluding hydrogens is 346 g/mol. The third-order valence-corrected chi connectivity index (χ3v) is 6.38. The van der Waals surface area contributed by atoms with Gasteiger partial charge in [-0.25, -0.2) is 0 Å². The number of anilines is 1. The Morgan fingerprint density at radius 2 is 2.04 bits per heavy atom. The van der Waals surface area contributed by atoms with Crippen LogP contribution in [0.2, 0.25) is 0 Å². The fourth-order valence-electron chi connectivity index (χ4n) is 3.77. The molecule has 0 radical (unpaired) electrons. The molecule has 2 aliphatic rings. The highest BCUT2D eigenvalue weighted by Crippen LogP contribution is 2.33. The number of carbonyl (C=O) groups is 2. The van der Waals surface area contributed by atoms with Crippen molar-refractivity contribution in [2.24, 2.45) is 0 Å². The predicted octanol–water partition coefficient (Wildman–Crippen LogP) is 2.90. The van der Waals surface area contributed by atoms with Gasteiger partial charge in [0.25, 0.3) is 0 Å². The Bertz CT molecular complexity index is 631. The lowest BCUT2D eigenvalue weighted by atomic mass is 9.94. The zero-order valence-electron chi connectivity index (χ0n) is 15.6. The largest absolute Gasteiger partial charge is 0.353 e. The number of likely N-dealkylation sites (N-methyl/N-ethyl adjacent to an activating group) is 1. The van der Waals surface area contributed by atoms with Gasteiger partial charge in [-0.1, -0.05) is 31.4 Å². The van der Waals surface area contributed by atoms with Crippen molar-refractivity contribution in [2.75, 3.05) is 37.3 Å². The summed E-state index contributed by atoms with van der Waals surface area (Å²) in [4.78, 5) is 29.9. The Kier molecular flexibility index (Phi) is 6.97. The minimum Gasteiger partial charge on any atom is -0.353 e. The van der Waals surface area contributed by atoms with E-state index in [0.717, 1.165) is 22.9 Å². The van der Waals surface area contributed by atoms with Crippen molar-refractivity contribution in [1.82, 2.24) is 10.2 Å². The smallest absolute Gasteiger partial charge is 0.240 e. The fraction of sp³-hybridized carbons (Fsp3) is 0.600. The Labute approximate surface area is 160 Å². The van der Waals surface area contributed by atoms with Gasteiger partial charge in [0.05, 0.1) is 5.69 Å². The monoisotopic (exact) mass is 375 g/mol. The Hall–Kier alpha value is -1.53. The molecule has 0 unspecified atom stereocenters. The standard InChI is InChI=1S/C20H29N3O2S/c1-22(16-7-3-2-4-8-16)13-12-21-19(24)15-23-17-9-5-6-10-18(17)26-14-11-20(23)25/h5-6,9-10,16H,2-4,7-8,11-15H2,1H3,(H,21,24). The molecule has 1 aromatic rings. The Morgan fingerprint density at radius 1 is 1.27 bits per heavy atom. The minimum absolute atomic E-state index is 0.0249. The van der Waals surface area contributed by atoms with Crippen LogP contribution in [-0.2, 0) is 9.59 Å². The molecule has 5 nitrogen and oxygen atoms in total. The van der Waals surface area contributed by atoms with Gasteiger partial charge in [0.1, 0.15) is 6.54 Å². The molecule has 1 aliphatic heterocycles. The van der Waals surface area contributed by atoms with Crippen LogP contribution in [0.1, 0.15) is 38.5 Å². The van der Waals surface area contributed by atoms with Gasteiger partial charge in [0, 0.05) is 36.2 Å². The molecule has 0 atom stereocenters. The Morgan fingerprint density at radius 3 is 2.85 bits per heavy atom. The molecule has 26 heavy (non-hydrogen) atoms. The van der Waals surface area contributed by atoms with Crippen LogP contribution in [0.5, 0.6) is 0 Å². The van der Waals surface area contributed by atoms with E-state index in [4.69, 9.17) is 0 Å². The topological polar surface area (TPSA) is 52.7 Å². The third-order valence-electron chi connectivity index (χ3n) is 5.32. The molecule has 1 aromatic carbocycles. The van der Waals surface area contributed by atoms with Gasteiger partial charge in [-0.2, -0.15) is 0 Å². The summed E-state index contributed by atoms with van der Waals surface area (Å²) in [6.07, 6.45) is 6.98. The van der Waals surface area contributed by atoms with Crippen molar-refractivity contribution in [3.05, 3.63) is 24.3 Å². The molecule has 2 amide bonds. The zero-order valence-corrected chi connectivity index (χ0v) is 16.4. The van der Waals surface area contributed by atoms with E-state index in [2.05, 4.69) is 17.3 Å². The second-order valence-corrected chi connectivity index (χ2v) is 8.31. The molecule has 1 heterocycles. The number of hydrogen-bond donors (Lipinski definition) is 1. The average Bonchev–Trinajstić information content (AvgIpc) is 2.82. The molecule has 1 N–H and O–H groups in total. The van der Waals surface area contributed by atoms with Gasteiger partial charge >= 0.3 is 0 Å². The number of thioether (sulfide) groups is 1. The first-order valence-electron chi connectivity index (χ1n) is 9.64. The lowest BCUT2D eigenvalue weighted by Gasteiger charge is -2.31. The highest BCUT2D eigenvalue weighted by atomic mass is 32.2. The minimum atomic E-state index is -0.0860. The lowest BCUT2D eigenvalue weighted by Crippen LogP contribution is -2.44. The van der Waals surface area contributed by atoms with E-state index in [1.54, 1.807) is 16.7 Å². The van der Waals surface area contributed by atoms with E-state index in [1.807, 2.05) is 24.3 Å². The molecule has 0 bridgehead atoms. The zero-order chi connectivity index (χ0) is 18.4. The van der Waals surface area contributed by atoms with Crippen molar-refractivity contribution in [1.29, 1.82) is 0 Å². The van der Waals surface area contributed by atoms with Crippen LogP contribution >= 0.6 is 11.8 Å². The number of hydrogen-bond acceptors (Lipinski definition) is 4. The van der Waals surface area contributed by atoms with Crippen LogP contribution < -0.4 is 10.2 Å². The van der Waals surface area contributed by atoms with E-state index >= 15 is 0 Å². The third kappa shape index (κ3) is 5.01. The summed E-state index contributed by atoms with van der Waals surface area (Å²) in [6, 6.07) is 8.48. The SMILES string of the molecule is CN(CCNC(=O)CN1C(=O)CCSc2ccccc21)C1CCCCC1. The summed E-state index contributed by atoms with van der Waals surface area (Å²) in [6.45, 7) is 1.59. The number of nitrogens with zero attached hydrogens (tertiary/aromatic N) is 2. The van der Waals surface area contributed by atoms with Crippen LogP contribution in [0.3, 0.4) is 0 Å². The van der Waals surface area contributed by atoms with Crippen molar-refractivity contribution in [2.45, 2.75) is 49.5 Å². The van der Waals surface area contributed by atoms with Gasteiger partial charge in [0.15, 0.2) is 0 Å². The maximum atomic E-state index is 12.4. The first-order chi connectivity index (χ1) is 12.6. The summed E-state index contributed by atoms with van der Waals surface area (Å²) in [5, 5.41) is 2.99. The summed E-state index contributed by atoms with van der Waals surface area (Å²) < 4.78 is 0. The second-order valence-electron chi connectivity index (χ2n) is 7.17. The van der Waals surface area contributed by atoms with Crippen molar-refractivity contribution in [3.63, 3.8) is 0 Å². The molecule has 142 valence electrons. The van der Waals surface area contributed by atoms with Crippen LogP contribution in [0, 0.1) is 0 Å². The second kappa shape index (κ2) is 9.42. The number of benzene rings is 1. The molecule has 3 rings (SSSR count). The molecule has 1 fully saturated rings. The molecule has 0 aromatic heterocycles. The number of rotatable bonds is 6. The van der Waals surface area contributed by atoms with E-state index < -0.39 is 0 Å². The average molecular weight is 376 g/mol. The normalized spacial score (nSPS) is 18.5. The predicted molar refractivity (Wildman–Crippen MR) is 107 cm³/mol. The van der Waals surface area contributed by atoms with Crippen molar-refractivity contribution in [3.8, 4) is 0 Å². The Balaban J connectivity index is 1.50. The van der Waals surface area contributed by atoms with E-state index in [-0.39, 0.29) is 18.4 Å². The fourth-order valence-corrected chi connectivity index (χ4v) is 4.77. The van der Waals surface area contributed by atoms with E-state index in [0.29, 0.717) is 19.0 Å².